The number of aromatic nitrogens is 5. The maximum atomic E-state index is 6.22. The number of nitrogens with zero attached hydrogens (tertiary/aromatic N) is 7. The third-order valence-corrected chi connectivity index (χ3v) is 5.21. The Bertz CT molecular complexity index is 1100. The maximum absolute atomic E-state index is 6.22. The zero-order chi connectivity index (χ0) is 23.4. The van der Waals surface area contributed by atoms with Gasteiger partial charge in [0.25, 0.3) is 0 Å². The Morgan fingerprint density at radius 2 is 1.91 bits per heavy atom. The van der Waals surface area contributed by atoms with Crippen molar-refractivity contribution in [3.05, 3.63) is 41.1 Å². The first-order valence-electron chi connectivity index (χ1n) is 10.5. The van der Waals surface area contributed by atoms with Crippen molar-refractivity contribution in [2.24, 2.45) is 0 Å². The van der Waals surface area contributed by atoms with Crippen molar-refractivity contribution in [3.63, 3.8) is 0 Å². The smallest absolute Gasteiger partial charge is 0.223 e. The van der Waals surface area contributed by atoms with Gasteiger partial charge in [0.1, 0.15) is 11.6 Å². The molecule has 0 amide bonds. The summed E-state index contributed by atoms with van der Waals surface area (Å²) in [6, 6.07) is 3.89. The van der Waals surface area contributed by atoms with Crippen LogP contribution in [-0.4, -0.2) is 75.2 Å². The highest BCUT2D eigenvalue weighted by Gasteiger charge is 2.17. The number of hydrazine groups is 1. The van der Waals surface area contributed by atoms with Crippen LogP contribution in [0.5, 0.6) is 0 Å². The third-order valence-electron chi connectivity index (χ3n) is 4.91. The van der Waals surface area contributed by atoms with Gasteiger partial charge in [-0.15, -0.1) is 0 Å². The highest BCUT2D eigenvalue weighted by Crippen LogP contribution is 2.30. The summed E-state index contributed by atoms with van der Waals surface area (Å²) in [6.07, 6.45) is 3.49. The van der Waals surface area contributed by atoms with Crippen LogP contribution in [0.4, 0.5) is 23.1 Å². The van der Waals surface area contributed by atoms with E-state index < -0.39 is 0 Å². The van der Waals surface area contributed by atoms with E-state index in [-0.39, 0.29) is 5.95 Å². The normalized spacial score (nSPS) is 14.5. The number of rotatable bonds is 7. The molecule has 0 bridgehead atoms. The topological polar surface area (TPSA) is 130 Å². The quantitative estimate of drug-likeness (QED) is 0.347. The Balaban J connectivity index is 1.69. The molecule has 11 nitrogen and oxygen atoms in total. The van der Waals surface area contributed by atoms with Crippen molar-refractivity contribution in [2.75, 3.05) is 56.9 Å². The van der Waals surface area contributed by atoms with E-state index in [1.807, 2.05) is 32.4 Å². The summed E-state index contributed by atoms with van der Waals surface area (Å²) in [7, 11) is 3.74. The standard InChI is InChI=1S/C21H27ClN10O/c1-13-26-20(29-21(23)27-13)16-8-14(12-32-4-6-33-7-5-32)10-25-19(16)28-15-9-17(30-31(2)3)18(22)24-11-15/h8-11,30H,4-7,12H2,1-3H3,(H,25,28)(H2,23,26,27,29). The fourth-order valence-corrected chi connectivity index (χ4v) is 3.62. The highest BCUT2D eigenvalue weighted by molar-refractivity contribution is 6.32. The molecule has 0 atom stereocenters. The van der Waals surface area contributed by atoms with Crippen LogP contribution in [0.2, 0.25) is 5.15 Å². The monoisotopic (exact) mass is 470 g/mol. The van der Waals surface area contributed by atoms with E-state index in [1.165, 1.54) is 0 Å². The fourth-order valence-electron chi connectivity index (χ4n) is 3.48. The van der Waals surface area contributed by atoms with Gasteiger partial charge in [-0.25, -0.2) is 20.0 Å². The molecule has 3 aromatic heterocycles. The first kappa shape index (κ1) is 23.1. The molecule has 33 heavy (non-hydrogen) atoms. The molecule has 0 unspecified atom stereocenters. The summed E-state index contributed by atoms with van der Waals surface area (Å²) in [5, 5.41) is 5.47. The molecule has 4 rings (SSSR count). The van der Waals surface area contributed by atoms with Crippen molar-refractivity contribution in [3.8, 4) is 11.4 Å². The predicted octanol–water partition coefficient (Wildman–Crippen LogP) is 2.34. The number of morpholine rings is 1. The van der Waals surface area contributed by atoms with Gasteiger partial charge in [-0.3, -0.25) is 4.90 Å². The van der Waals surface area contributed by atoms with E-state index in [4.69, 9.17) is 22.1 Å². The molecule has 0 radical (unpaired) electrons. The van der Waals surface area contributed by atoms with Crippen molar-refractivity contribution < 1.29 is 4.74 Å². The molecule has 0 spiro atoms. The summed E-state index contributed by atoms with van der Waals surface area (Å²) >= 11 is 6.22. The van der Waals surface area contributed by atoms with Gasteiger partial charge in [-0.2, -0.15) is 9.97 Å². The van der Waals surface area contributed by atoms with Crippen molar-refractivity contribution in [1.29, 1.82) is 0 Å². The van der Waals surface area contributed by atoms with Gasteiger partial charge in [0.05, 0.1) is 36.3 Å². The Morgan fingerprint density at radius 1 is 1.12 bits per heavy atom. The van der Waals surface area contributed by atoms with Gasteiger partial charge in [-0.1, -0.05) is 11.6 Å². The number of ether oxygens (including phenoxy) is 1. The highest BCUT2D eigenvalue weighted by atomic mass is 35.5. The van der Waals surface area contributed by atoms with E-state index in [1.54, 1.807) is 18.1 Å². The fraction of sp³-hybridized carbons (Fsp3) is 0.381. The molecule has 1 aliphatic heterocycles. The van der Waals surface area contributed by atoms with E-state index in [0.29, 0.717) is 34.0 Å². The molecule has 4 heterocycles. The Morgan fingerprint density at radius 3 is 2.64 bits per heavy atom. The molecule has 1 aliphatic rings. The summed E-state index contributed by atoms with van der Waals surface area (Å²) < 4.78 is 5.45. The minimum atomic E-state index is 0.160. The number of nitrogens with one attached hydrogen (secondary N) is 2. The van der Waals surface area contributed by atoms with E-state index in [9.17, 15) is 0 Å². The van der Waals surface area contributed by atoms with Gasteiger partial charge in [0.15, 0.2) is 11.0 Å². The first-order valence-corrected chi connectivity index (χ1v) is 10.9. The van der Waals surface area contributed by atoms with Crippen LogP contribution >= 0.6 is 11.6 Å². The predicted molar refractivity (Wildman–Crippen MR) is 128 cm³/mol. The Hall–Kier alpha value is -3.12. The number of anilines is 4. The largest absolute Gasteiger partial charge is 0.379 e. The van der Waals surface area contributed by atoms with Crippen molar-refractivity contribution in [1.82, 2.24) is 34.8 Å². The lowest BCUT2D eigenvalue weighted by Gasteiger charge is -2.26. The van der Waals surface area contributed by atoms with E-state index >= 15 is 0 Å². The Kier molecular flexibility index (Phi) is 7.14. The van der Waals surface area contributed by atoms with Gasteiger partial charge in [0.2, 0.25) is 5.95 Å². The zero-order valence-electron chi connectivity index (χ0n) is 18.8. The van der Waals surface area contributed by atoms with Gasteiger partial charge in [-0.05, 0) is 24.6 Å². The minimum absolute atomic E-state index is 0.160. The van der Waals surface area contributed by atoms with Crippen LogP contribution in [-0.2, 0) is 11.3 Å². The Labute approximate surface area is 197 Å². The number of nitrogen functional groups attached to an aromatic ring is 1. The molecule has 4 N–H and O–H groups in total. The van der Waals surface area contributed by atoms with Crippen LogP contribution in [0.3, 0.4) is 0 Å². The summed E-state index contributed by atoms with van der Waals surface area (Å²) in [6.45, 7) is 5.76. The molecule has 0 aromatic carbocycles. The number of nitrogens with two attached hydrogens (primary N) is 1. The summed E-state index contributed by atoms with van der Waals surface area (Å²) in [5.41, 5.74) is 12.2. The second-order valence-electron chi connectivity index (χ2n) is 7.89. The second-order valence-corrected chi connectivity index (χ2v) is 8.24. The van der Waals surface area contributed by atoms with Gasteiger partial charge in [0, 0.05) is 39.9 Å². The average molecular weight is 471 g/mol. The SMILES string of the molecule is Cc1nc(N)nc(-c2cc(CN3CCOCC3)cnc2Nc2cnc(Cl)c(NN(C)C)c2)n1. The van der Waals surface area contributed by atoms with Crippen LogP contribution in [0.25, 0.3) is 11.4 Å². The molecule has 12 heteroatoms. The lowest BCUT2D eigenvalue weighted by molar-refractivity contribution is 0.0341. The maximum Gasteiger partial charge on any atom is 0.223 e. The van der Waals surface area contributed by atoms with Crippen LogP contribution in [0, 0.1) is 6.92 Å². The molecule has 0 saturated carbocycles. The molecular weight excluding hydrogens is 444 g/mol. The first-order chi connectivity index (χ1) is 15.9. The summed E-state index contributed by atoms with van der Waals surface area (Å²) in [4.78, 5) is 24.2. The second kappa shape index (κ2) is 10.2. The molecule has 3 aromatic rings. The van der Waals surface area contributed by atoms with E-state index in [2.05, 4.69) is 40.6 Å². The molecular formula is C21H27ClN10O. The summed E-state index contributed by atoms with van der Waals surface area (Å²) in [5.74, 6) is 1.72. The molecule has 174 valence electrons. The number of hydrogen-bond acceptors (Lipinski definition) is 11. The van der Waals surface area contributed by atoms with Gasteiger partial charge >= 0.3 is 0 Å². The van der Waals surface area contributed by atoms with Crippen LogP contribution < -0.4 is 16.5 Å². The van der Waals surface area contributed by atoms with Crippen molar-refractivity contribution in [2.45, 2.75) is 13.5 Å². The van der Waals surface area contributed by atoms with Gasteiger partial charge < -0.3 is 21.2 Å². The lowest BCUT2D eigenvalue weighted by Crippen LogP contribution is -2.35. The lowest BCUT2D eigenvalue weighted by atomic mass is 10.1. The molecule has 1 fully saturated rings. The zero-order valence-corrected chi connectivity index (χ0v) is 19.6. The van der Waals surface area contributed by atoms with Crippen LogP contribution in [0.15, 0.2) is 24.5 Å². The molecule has 0 aliphatic carbocycles. The number of aryl methyl sites for hydroxylation is 1. The molecule has 1 saturated heterocycles. The average Bonchev–Trinajstić information content (AvgIpc) is 2.77. The van der Waals surface area contributed by atoms with Crippen molar-refractivity contribution >= 4 is 34.7 Å². The van der Waals surface area contributed by atoms with E-state index in [0.717, 1.165) is 44.0 Å². The number of halogens is 1. The minimum Gasteiger partial charge on any atom is -0.379 e. The van der Waals surface area contributed by atoms with Crippen LogP contribution in [0.1, 0.15) is 11.4 Å². The number of hydrogen-bond donors (Lipinski definition) is 3. The number of pyridine rings is 2. The third kappa shape index (κ3) is 6.02.